The van der Waals surface area contributed by atoms with Crippen molar-refractivity contribution in [2.24, 2.45) is 10.2 Å². The van der Waals surface area contributed by atoms with Crippen LogP contribution in [0.4, 0.5) is 11.4 Å². The molecule has 0 saturated carbocycles. The first-order valence-electron chi connectivity index (χ1n) is 26.1. The fraction of sp³-hybridized carbons (Fsp3) is 0.760. The molecule has 0 aromatic heterocycles. The average Bonchev–Trinajstić information content (AvgIpc) is 3.23. The summed E-state index contributed by atoms with van der Waals surface area (Å²) in [5.41, 5.74) is 1.57. The lowest BCUT2D eigenvalue weighted by Crippen LogP contribution is -2.52. The molecule has 0 aliphatic heterocycles. The van der Waals surface area contributed by atoms with Gasteiger partial charge in [0.1, 0.15) is 11.5 Å². The first-order valence-corrected chi connectivity index (χ1v) is 44.2. The van der Waals surface area contributed by atoms with Gasteiger partial charge in [0.15, 0.2) is 33.3 Å². The van der Waals surface area contributed by atoms with Crippen molar-refractivity contribution in [1.29, 1.82) is 0 Å². The van der Waals surface area contributed by atoms with Crippen LogP contribution < -0.4 is 9.47 Å². The molecule has 0 fully saturated rings. The molecule has 0 unspecified atom stereocenters. The van der Waals surface area contributed by atoms with Crippen molar-refractivity contribution in [2.75, 3.05) is 65.6 Å². The summed E-state index contributed by atoms with van der Waals surface area (Å²) in [6, 6.07) is 20.2. The molecule has 2 aromatic carbocycles. The van der Waals surface area contributed by atoms with E-state index in [4.69, 9.17) is 25.9 Å². The van der Waals surface area contributed by atoms with E-state index in [9.17, 15) is 0 Å². The van der Waals surface area contributed by atoms with Crippen LogP contribution in [0.15, 0.2) is 58.8 Å². The van der Waals surface area contributed by atoms with Crippen LogP contribution in [0.5, 0.6) is 11.5 Å². The molecule has 66 heavy (non-hydrogen) atoms. The van der Waals surface area contributed by atoms with Crippen LogP contribution in [-0.2, 0) is 16.5 Å². The Morgan fingerprint density at radius 1 is 0.364 bits per heavy atom. The predicted molar refractivity (Wildman–Crippen MR) is 298 cm³/mol. The predicted octanol–water partition coefficient (Wildman–Crippen LogP) is 15.2. The van der Waals surface area contributed by atoms with Crippen LogP contribution in [0, 0.1) is 0 Å². The third kappa shape index (κ3) is 24.0. The molecule has 0 N–H and O–H groups in total. The van der Waals surface area contributed by atoms with Gasteiger partial charge >= 0.3 is 17.1 Å². The Bertz CT molecular complexity index is 1530. The highest BCUT2D eigenvalue weighted by molar-refractivity contribution is 6.88. The molecule has 2 aromatic rings. The molecule has 0 aliphatic rings. The molecule has 0 radical (unpaired) electrons. The van der Waals surface area contributed by atoms with Gasteiger partial charge in [0.05, 0.1) is 76.9 Å². The second kappa shape index (κ2) is 27.9. The highest BCUT2D eigenvalue weighted by atomic mass is 28.5. The summed E-state index contributed by atoms with van der Waals surface area (Å²) in [7, 11) is -11.9. The van der Waals surface area contributed by atoms with Gasteiger partial charge in [0.2, 0.25) is 0 Å². The van der Waals surface area contributed by atoms with E-state index >= 15 is 0 Å². The number of hydrogen-bond donors (Lipinski definition) is 0. The van der Waals surface area contributed by atoms with E-state index in [2.05, 4.69) is 130 Å². The molecule has 0 aliphatic carbocycles. The molecule has 0 spiro atoms. The van der Waals surface area contributed by atoms with E-state index in [0.29, 0.717) is 13.2 Å². The summed E-state index contributed by atoms with van der Waals surface area (Å²) in [4.78, 5) is 0. The van der Waals surface area contributed by atoms with Crippen molar-refractivity contribution in [3.8, 4) is 11.5 Å². The standard InChI is InChI=1S/C50H102N4O6Si6/c1-19-53(20-2,21-3)39-25-27-43-61(7,8)57-65(15,16)59-63(11,12)45-29-41-55-49-35-31-47(32-36-49)51-52-48-33-37-50(38-34-48)56-42-30-46-64(13,14)60-66(17,18)58-62(9,10)44-28-26-40-54(22-4,23-5)24-6/h31-38H,19-30,39-46H2,1-18H3/q+2. The Morgan fingerprint density at radius 2 is 0.621 bits per heavy atom. The largest absolute Gasteiger partial charge is 0.494 e. The van der Waals surface area contributed by atoms with Crippen LogP contribution in [0.25, 0.3) is 0 Å². The van der Waals surface area contributed by atoms with Crippen molar-refractivity contribution in [3.05, 3.63) is 48.5 Å². The zero-order valence-corrected chi connectivity index (χ0v) is 52.0. The number of quaternary nitrogens is 2. The van der Waals surface area contributed by atoms with Crippen molar-refractivity contribution >= 4 is 61.8 Å². The average molecular weight is 1020 g/mol. The van der Waals surface area contributed by atoms with Crippen LogP contribution in [0.2, 0.25) is 103 Å². The zero-order valence-electron chi connectivity index (χ0n) is 46.0. The van der Waals surface area contributed by atoms with E-state index in [0.717, 1.165) is 47.8 Å². The SMILES string of the molecule is CC[N+](CC)(CC)CCCC[Si](C)(C)O[Si](C)(C)O[Si](C)(C)CCCOc1ccc(N=Nc2ccc(OCCC[Si](C)(C)O[Si](C)(C)O[Si](C)(C)CCCC[N+](CC)(CC)CC)cc2)cc1. The minimum atomic E-state index is -2.24. The molecule has 2 rings (SSSR count). The number of hydrogen-bond acceptors (Lipinski definition) is 8. The van der Waals surface area contributed by atoms with Crippen molar-refractivity contribution in [3.63, 3.8) is 0 Å². The van der Waals surface area contributed by atoms with Crippen LogP contribution in [0.3, 0.4) is 0 Å². The lowest BCUT2D eigenvalue weighted by molar-refractivity contribution is -0.923. The number of benzene rings is 2. The maximum atomic E-state index is 6.91. The van der Waals surface area contributed by atoms with Gasteiger partial charge in [0.25, 0.3) is 0 Å². The molecule has 10 nitrogen and oxygen atoms in total. The maximum absolute atomic E-state index is 6.91. The Morgan fingerprint density at radius 3 is 0.879 bits per heavy atom. The van der Waals surface area contributed by atoms with Crippen LogP contribution in [0.1, 0.15) is 80.1 Å². The fourth-order valence-electron chi connectivity index (χ4n) is 9.90. The maximum Gasteiger partial charge on any atom is 0.311 e. The monoisotopic (exact) mass is 1020 g/mol. The van der Waals surface area contributed by atoms with Crippen molar-refractivity contribution < 1.29 is 34.9 Å². The lowest BCUT2D eigenvalue weighted by Gasteiger charge is -2.39. The van der Waals surface area contributed by atoms with Gasteiger partial charge in [0, 0.05) is 0 Å². The Kier molecular flexibility index (Phi) is 25.7. The minimum absolute atomic E-state index is 0.658. The van der Waals surface area contributed by atoms with Gasteiger partial charge in [-0.1, -0.05) is 0 Å². The summed E-state index contributed by atoms with van der Waals surface area (Å²) in [6.45, 7) is 53.1. The third-order valence-corrected chi connectivity index (χ3v) is 36.7. The number of unbranched alkanes of at least 4 members (excludes halogenated alkanes) is 2. The molecule has 16 heteroatoms. The summed E-state index contributed by atoms with van der Waals surface area (Å²) in [5, 5.41) is 8.93. The summed E-state index contributed by atoms with van der Waals surface area (Å²) < 4.78 is 42.3. The second-order valence-corrected chi connectivity index (χ2v) is 47.2. The Labute approximate surface area is 413 Å². The van der Waals surface area contributed by atoms with E-state index < -0.39 is 50.4 Å². The van der Waals surface area contributed by atoms with E-state index in [-0.39, 0.29) is 0 Å². The quantitative estimate of drug-likeness (QED) is 0.0293. The third-order valence-electron chi connectivity index (χ3n) is 13.8. The highest BCUT2D eigenvalue weighted by Crippen LogP contribution is 2.30. The molecule has 0 bridgehead atoms. The topological polar surface area (TPSA) is 80.1 Å². The van der Waals surface area contributed by atoms with Crippen molar-refractivity contribution in [2.45, 2.75) is 183 Å². The van der Waals surface area contributed by atoms with Gasteiger partial charge in [-0.05, 0) is 231 Å². The van der Waals surface area contributed by atoms with E-state index in [1.165, 1.54) is 99.1 Å². The van der Waals surface area contributed by atoms with E-state index in [1.54, 1.807) is 0 Å². The summed E-state index contributed by atoms with van der Waals surface area (Å²) in [6.07, 6.45) is 6.98. The number of azo groups is 1. The first kappa shape index (κ1) is 60.8. The second-order valence-electron chi connectivity index (χ2n) is 22.3. The van der Waals surface area contributed by atoms with Gasteiger partial charge in [-0.2, -0.15) is 10.2 Å². The lowest BCUT2D eigenvalue weighted by atomic mass is 10.2. The van der Waals surface area contributed by atoms with Gasteiger partial charge < -0.3 is 34.9 Å². The van der Waals surface area contributed by atoms with Crippen molar-refractivity contribution in [1.82, 2.24) is 0 Å². The van der Waals surface area contributed by atoms with Gasteiger partial charge in [-0.15, -0.1) is 0 Å². The summed E-state index contributed by atoms with van der Waals surface area (Å²) in [5.74, 6) is 1.68. The Balaban J connectivity index is 1.72. The zero-order chi connectivity index (χ0) is 49.8. The molecule has 0 saturated heterocycles. The Hall–Kier alpha value is -1.30. The molecule has 0 amide bonds. The number of rotatable bonds is 36. The van der Waals surface area contributed by atoms with Crippen LogP contribution in [-0.4, -0.2) is 125 Å². The summed E-state index contributed by atoms with van der Waals surface area (Å²) >= 11 is 0. The molecular formula is C50H102N4O6Si6+2. The number of ether oxygens (including phenoxy) is 2. The molecule has 0 heterocycles. The smallest absolute Gasteiger partial charge is 0.311 e. The highest BCUT2D eigenvalue weighted by Gasteiger charge is 2.41. The minimum Gasteiger partial charge on any atom is -0.494 e. The number of nitrogens with zero attached hydrogens (tertiary/aromatic N) is 4. The van der Waals surface area contributed by atoms with E-state index in [1.807, 2.05) is 48.5 Å². The normalized spacial score (nSPS) is 13.8. The van der Waals surface area contributed by atoms with Gasteiger partial charge in [-0.3, -0.25) is 0 Å². The molecule has 0 atom stereocenters. The molecular weight excluding hydrogens is 921 g/mol. The van der Waals surface area contributed by atoms with Gasteiger partial charge in [-0.25, -0.2) is 0 Å². The fourth-order valence-corrected chi connectivity index (χ4v) is 38.1. The van der Waals surface area contributed by atoms with Crippen LogP contribution >= 0.6 is 0 Å². The first-order chi connectivity index (χ1) is 30.7. The molecule has 380 valence electrons.